The van der Waals surface area contributed by atoms with Crippen LogP contribution in [0.15, 0.2) is 60.9 Å². The zero-order valence-corrected chi connectivity index (χ0v) is 16.1. The number of halogens is 1. The third-order valence-corrected chi connectivity index (χ3v) is 5.23. The van der Waals surface area contributed by atoms with E-state index in [-0.39, 0.29) is 5.91 Å². The van der Waals surface area contributed by atoms with Gasteiger partial charge in [-0.15, -0.1) is 0 Å². The average molecular weight is 402 g/mol. The Morgan fingerprint density at radius 3 is 2.63 bits per heavy atom. The highest BCUT2D eigenvalue weighted by atomic mass is 19.1. The highest BCUT2D eigenvalue weighted by molar-refractivity contribution is 5.95. The van der Waals surface area contributed by atoms with Gasteiger partial charge in [-0.2, -0.15) is 0 Å². The monoisotopic (exact) mass is 402 g/mol. The average Bonchev–Trinajstić information content (AvgIpc) is 3.24. The molecule has 1 amide bonds. The van der Waals surface area contributed by atoms with Crippen LogP contribution in [0.5, 0.6) is 0 Å². The van der Waals surface area contributed by atoms with Crippen LogP contribution in [-0.4, -0.2) is 52.1 Å². The Kier molecular flexibility index (Phi) is 4.72. The summed E-state index contributed by atoms with van der Waals surface area (Å²) >= 11 is 0. The first-order chi connectivity index (χ1) is 14.7. The first-order valence-electron chi connectivity index (χ1n) is 9.76. The number of hydrogen-bond acceptors (Lipinski definition) is 4. The highest BCUT2D eigenvalue weighted by Gasteiger charge is 2.20. The molecule has 1 aliphatic heterocycles. The second-order valence-corrected chi connectivity index (χ2v) is 7.16. The molecule has 0 spiro atoms. The van der Waals surface area contributed by atoms with E-state index in [4.69, 9.17) is 4.74 Å². The van der Waals surface area contributed by atoms with Gasteiger partial charge >= 0.3 is 0 Å². The van der Waals surface area contributed by atoms with E-state index in [0.29, 0.717) is 48.8 Å². The van der Waals surface area contributed by atoms with E-state index in [0.717, 1.165) is 16.6 Å². The van der Waals surface area contributed by atoms with Crippen LogP contribution in [0.2, 0.25) is 0 Å². The van der Waals surface area contributed by atoms with Crippen LogP contribution in [0.4, 0.5) is 4.39 Å². The number of para-hydroxylation sites is 1. The van der Waals surface area contributed by atoms with Gasteiger partial charge in [0.2, 0.25) is 0 Å². The minimum Gasteiger partial charge on any atom is -0.378 e. The molecule has 150 valence electrons. The predicted octanol–water partition coefficient (Wildman–Crippen LogP) is 3.90. The van der Waals surface area contributed by atoms with E-state index in [1.165, 1.54) is 12.3 Å². The molecule has 6 nitrogen and oxygen atoms in total. The minimum absolute atomic E-state index is 0.193. The number of carbonyl (C=O) groups is 1. The Morgan fingerprint density at radius 1 is 1.03 bits per heavy atom. The van der Waals surface area contributed by atoms with Crippen molar-refractivity contribution in [3.05, 3.63) is 72.3 Å². The maximum Gasteiger partial charge on any atom is 0.254 e. The maximum absolute atomic E-state index is 14.9. The molecule has 0 unspecified atom stereocenters. The van der Waals surface area contributed by atoms with Crippen molar-refractivity contribution >= 4 is 16.8 Å². The summed E-state index contributed by atoms with van der Waals surface area (Å²) in [6.45, 7) is 2.03. The van der Waals surface area contributed by atoms with Crippen molar-refractivity contribution in [2.24, 2.45) is 0 Å². The molecule has 0 radical (unpaired) electrons. The molecule has 0 saturated carbocycles. The fraction of sp³-hybridized carbons (Fsp3) is 0.174. The summed E-state index contributed by atoms with van der Waals surface area (Å²) in [6, 6.07) is 14.4. The van der Waals surface area contributed by atoms with Crippen LogP contribution < -0.4 is 0 Å². The van der Waals surface area contributed by atoms with E-state index in [2.05, 4.69) is 15.0 Å². The van der Waals surface area contributed by atoms with Crippen LogP contribution in [0.1, 0.15) is 10.4 Å². The zero-order valence-electron chi connectivity index (χ0n) is 16.1. The predicted molar refractivity (Wildman–Crippen MR) is 111 cm³/mol. The molecule has 7 heteroatoms. The summed E-state index contributed by atoms with van der Waals surface area (Å²) in [7, 11) is 0. The van der Waals surface area contributed by atoms with Gasteiger partial charge in [-0.3, -0.25) is 9.78 Å². The number of hydrogen-bond donors (Lipinski definition) is 1. The van der Waals surface area contributed by atoms with E-state index >= 15 is 0 Å². The van der Waals surface area contributed by atoms with Crippen molar-refractivity contribution in [2.45, 2.75) is 0 Å². The minimum atomic E-state index is -0.503. The van der Waals surface area contributed by atoms with Crippen LogP contribution in [0, 0.1) is 5.82 Å². The topological polar surface area (TPSA) is 71.1 Å². The van der Waals surface area contributed by atoms with Gasteiger partial charge < -0.3 is 14.6 Å². The second kappa shape index (κ2) is 7.68. The molecule has 5 rings (SSSR count). The van der Waals surface area contributed by atoms with Gasteiger partial charge in [-0.05, 0) is 30.3 Å². The Hall–Kier alpha value is -3.58. The van der Waals surface area contributed by atoms with Gasteiger partial charge in [0.25, 0.3) is 5.91 Å². The molecule has 1 saturated heterocycles. The van der Waals surface area contributed by atoms with Gasteiger partial charge in [-0.1, -0.05) is 18.2 Å². The SMILES string of the molecule is O=C(c1ccc(-c2cncc(-c3cc4ccccc4[nH]3)n2)c(F)c1)N1CCOCC1. The summed E-state index contributed by atoms with van der Waals surface area (Å²) < 4.78 is 20.2. The Labute approximate surface area is 172 Å². The number of ether oxygens (including phenoxy) is 1. The van der Waals surface area contributed by atoms with Crippen LogP contribution in [0.3, 0.4) is 0 Å². The number of carbonyl (C=O) groups excluding carboxylic acids is 1. The Morgan fingerprint density at radius 2 is 1.83 bits per heavy atom. The lowest BCUT2D eigenvalue weighted by atomic mass is 10.1. The quantitative estimate of drug-likeness (QED) is 0.564. The van der Waals surface area contributed by atoms with Gasteiger partial charge in [0.15, 0.2) is 0 Å². The number of morpholine rings is 1. The second-order valence-electron chi connectivity index (χ2n) is 7.16. The third kappa shape index (κ3) is 3.44. The van der Waals surface area contributed by atoms with Gasteiger partial charge in [0.05, 0.1) is 37.0 Å². The van der Waals surface area contributed by atoms with E-state index in [9.17, 15) is 9.18 Å². The zero-order chi connectivity index (χ0) is 20.5. The fourth-order valence-electron chi connectivity index (χ4n) is 3.64. The lowest BCUT2D eigenvalue weighted by Gasteiger charge is -2.26. The van der Waals surface area contributed by atoms with E-state index in [1.807, 2.05) is 30.3 Å². The van der Waals surface area contributed by atoms with Crippen molar-refractivity contribution < 1.29 is 13.9 Å². The van der Waals surface area contributed by atoms with E-state index in [1.54, 1.807) is 23.2 Å². The molecule has 4 aromatic rings. The summed E-state index contributed by atoms with van der Waals surface area (Å²) in [4.78, 5) is 26.4. The van der Waals surface area contributed by atoms with Crippen LogP contribution in [0.25, 0.3) is 33.5 Å². The normalized spacial score (nSPS) is 14.2. The maximum atomic E-state index is 14.9. The summed E-state index contributed by atoms with van der Waals surface area (Å²) in [6.07, 6.45) is 3.16. The molecule has 3 heterocycles. The molecule has 1 N–H and O–H groups in total. The molecule has 1 fully saturated rings. The molecular formula is C23H19FN4O2. The standard InChI is InChI=1S/C23H19FN4O2/c24-18-11-16(23(29)28-7-9-30-10-8-28)5-6-17(18)21-13-25-14-22(27-21)20-12-15-3-1-2-4-19(15)26-20/h1-6,11-14,26H,7-10H2. The first-order valence-corrected chi connectivity index (χ1v) is 9.76. The number of amides is 1. The Bertz CT molecular complexity index is 1200. The van der Waals surface area contributed by atoms with Crippen molar-refractivity contribution in [1.29, 1.82) is 0 Å². The largest absolute Gasteiger partial charge is 0.378 e. The molecule has 0 atom stereocenters. The number of nitrogens with one attached hydrogen (secondary N) is 1. The van der Waals surface area contributed by atoms with Crippen molar-refractivity contribution in [3.63, 3.8) is 0 Å². The van der Waals surface area contributed by atoms with Crippen molar-refractivity contribution in [2.75, 3.05) is 26.3 Å². The molecule has 1 aliphatic rings. The molecule has 30 heavy (non-hydrogen) atoms. The highest BCUT2D eigenvalue weighted by Crippen LogP contribution is 2.26. The molecule has 2 aromatic heterocycles. The molecular weight excluding hydrogens is 383 g/mol. The van der Waals surface area contributed by atoms with Crippen molar-refractivity contribution in [1.82, 2.24) is 19.9 Å². The number of rotatable bonds is 3. The van der Waals surface area contributed by atoms with Gasteiger partial charge in [0.1, 0.15) is 11.5 Å². The van der Waals surface area contributed by atoms with Crippen LogP contribution >= 0.6 is 0 Å². The smallest absolute Gasteiger partial charge is 0.254 e. The van der Waals surface area contributed by atoms with E-state index < -0.39 is 5.82 Å². The Balaban J connectivity index is 1.45. The fourth-order valence-corrected chi connectivity index (χ4v) is 3.64. The van der Waals surface area contributed by atoms with Crippen molar-refractivity contribution in [3.8, 4) is 22.6 Å². The molecule has 0 bridgehead atoms. The van der Waals surface area contributed by atoms with Gasteiger partial charge in [-0.25, -0.2) is 9.37 Å². The molecule has 2 aromatic carbocycles. The number of H-pyrrole nitrogens is 1. The van der Waals surface area contributed by atoms with Gasteiger partial charge in [0, 0.05) is 35.1 Å². The molecule has 0 aliphatic carbocycles. The van der Waals surface area contributed by atoms with Crippen LogP contribution in [-0.2, 0) is 4.74 Å². The number of fused-ring (bicyclic) bond motifs is 1. The summed E-state index contributed by atoms with van der Waals surface area (Å²) in [5.41, 5.74) is 3.46. The third-order valence-electron chi connectivity index (χ3n) is 5.23. The lowest BCUT2D eigenvalue weighted by Crippen LogP contribution is -2.40. The number of nitrogens with zero attached hydrogens (tertiary/aromatic N) is 3. The first kappa shape index (κ1) is 18.4. The lowest BCUT2D eigenvalue weighted by molar-refractivity contribution is 0.0302. The summed E-state index contributed by atoms with van der Waals surface area (Å²) in [5, 5.41) is 1.07. The number of aromatic amines is 1. The number of benzene rings is 2. The number of aromatic nitrogens is 3. The summed E-state index contributed by atoms with van der Waals surface area (Å²) in [5.74, 6) is -0.695.